The standard InChI is InChI=1S/C20H21N2.C11H8N.Ir/c1-14(2)12-21-13-22-17-10-6-5-8-15(17)20(3,4)16-9-7-11-18(21)19(16)22;1-2-6-10(7-3-1)11-8-4-5-9-12-11;/h5-9,11,14H,12H2,1-4H3;1-6,8-9H;/q2*-1;+3. The summed E-state index contributed by atoms with van der Waals surface area (Å²) in [6.45, 7) is 10.1. The predicted molar refractivity (Wildman–Crippen MR) is 137 cm³/mol. The molecule has 0 bridgehead atoms. The first-order valence-electron chi connectivity index (χ1n) is 11.8. The number of pyridine rings is 1. The van der Waals surface area contributed by atoms with E-state index in [1.165, 1.54) is 22.2 Å². The zero-order chi connectivity index (χ0) is 23.7. The molecule has 0 spiro atoms. The van der Waals surface area contributed by atoms with Gasteiger partial charge >= 0.3 is 20.1 Å². The summed E-state index contributed by atoms with van der Waals surface area (Å²) in [6, 6.07) is 33.2. The van der Waals surface area contributed by atoms with E-state index in [0.29, 0.717) is 5.92 Å². The van der Waals surface area contributed by atoms with E-state index in [4.69, 9.17) is 0 Å². The molecule has 4 heteroatoms. The molecule has 3 nitrogen and oxygen atoms in total. The Kier molecular flexibility index (Phi) is 7.35. The number of fused-ring (bicyclic) bond motifs is 2. The van der Waals surface area contributed by atoms with Crippen LogP contribution in [0.1, 0.15) is 38.8 Å². The Hall–Kier alpha value is -3.07. The molecule has 3 aromatic carbocycles. The minimum atomic E-state index is -0.00947. The van der Waals surface area contributed by atoms with E-state index in [1.54, 1.807) is 6.20 Å². The van der Waals surface area contributed by atoms with E-state index in [1.807, 2.05) is 48.5 Å². The minimum Gasteiger partial charge on any atom is -0.341 e. The van der Waals surface area contributed by atoms with Crippen molar-refractivity contribution in [1.82, 2.24) is 9.55 Å². The van der Waals surface area contributed by atoms with Gasteiger partial charge in [-0.25, -0.2) is 0 Å². The molecule has 0 saturated carbocycles. The van der Waals surface area contributed by atoms with Crippen molar-refractivity contribution >= 4 is 11.0 Å². The van der Waals surface area contributed by atoms with Crippen LogP contribution in [0, 0.1) is 24.4 Å². The third-order valence-corrected chi connectivity index (χ3v) is 6.35. The van der Waals surface area contributed by atoms with Gasteiger partial charge in [-0.05, 0) is 23.1 Å². The summed E-state index contributed by atoms with van der Waals surface area (Å²) in [5, 5.41) is 0. The van der Waals surface area contributed by atoms with Crippen molar-refractivity contribution < 1.29 is 24.7 Å². The first-order valence-corrected chi connectivity index (χ1v) is 11.8. The molecular weight excluding hydrogens is 607 g/mol. The van der Waals surface area contributed by atoms with Crippen molar-refractivity contribution in [2.75, 3.05) is 0 Å². The first kappa shape index (κ1) is 25.0. The zero-order valence-electron chi connectivity index (χ0n) is 20.5. The van der Waals surface area contributed by atoms with Crippen molar-refractivity contribution in [2.45, 2.75) is 39.7 Å². The van der Waals surface area contributed by atoms with E-state index in [0.717, 1.165) is 23.5 Å². The Morgan fingerprint density at radius 2 is 1.66 bits per heavy atom. The molecule has 0 saturated heterocycles. The van der Waals surface area contributed by atoms with Gasteiger partial charge in [-0.3, -0.25) is 0 Å². The number of para-hydroxylation sites is 2. The quantitative estimate of drug-likeness (QED) is 0.167. The average Bonchev–Trinajstić information content (AvgIpc) is 3.23. The van der Waals surface area contributed by atoms with Gasteiger partial charge in [0.25, 0.3) is 0 Å². The molecule has 1 aliphatic rings. The second-order valence-corrected chi connectivity index (χ2v) is 9.66. The molecule has 5 aromatic rings. The summed E-state index contributed by atoms with van der Waals surface area (Å²) in [7, 11) is 0. The van der Waals surface area contributed by atoms with Crippen LogP contribution in [0.15, 0.2) is 85.1 Å². The molecule has 6 rings (SSSR count). The van der Waals surface area contributed by atoms with Crippen LogP contribution in [0.5, 0.6) is 0 Å². The molecule has 35 heavy (non-hydrogen) atoms. The van der Waals surface area contributed by atoms with Crippen LogP contribution < -0.4 is 4.57 Å². The number of imidazole rings is 1. The number of benzene rings is 3. The summed E-state index contributed by atoms with van der Waals surface area (Å²) in [6.07, 6.45) is 5.35. The molecule has 0 N–H and O–H groups in total. The monoisotopic (exact) mass is 636 g/mol. The van der Waals surface area contributed by atoms with Crippen LogP contribution in [-0.4, -0.2) is 9.55 Å². The third kappa shape index (κ3) is 4.74. The second-order valence-electron chi connectivity index (χ2n) is 9.66. The fourth-order valence-electron chi connectivity index (χ4n) is 4.72. The van der Waals surface area contributed by atoms with E-state index in [9.17, 15) is 0 Å². The van der Waals surface area contributed by atoms with Crippen LogP contribution in [-0.2, 0) is 32.1 Å². The van der Waals surface area contributed by atoms with Gasteiger partial charge < -0.3 is 14.1 Å². The number of rotatable bonds is 3. The number of aromatic nitrogens is 3. The van der Waals surface area contributed by atoms with Crippen molar-refractivity contribution in [3.05, 3.63) is 115 Å². The SMILES string of the molecule is CC(C)Cn1[c-][n+]2c3c(cccc31)C(C)(C)c1ccc[c-]c1-2.[Ir+3].[c-]1ccccc1-c1ccccn1. The van der Waals surface area contributed by atoms with Gasteiger partial charge in [0.15, 0.2) is 0 Å². The Labute approximate surface area is 221 Å². The first-order chi connectivity index (χ1) is 16.5. The summed E-state index contributed by atoms with van der Waals surface area (Å²) in [5.41, 5.74) is 8.37. The molecule has 0 atom stereocenters. The van der Waals surface area contributed by atoms with E-state index in [-0.39, 0.29) is 25.5 Å². The molecule has 0 amide bonds. The maximum absolute atomic E-state index is 4.22. The summed E-state index contributed by atoms with van der Waals surface area (Å²) in [5.74, 6) is 0.594. The second kappa shape index (κ2) is 10.3. The summed E-state index contributed by atoms with van der Waals surface area (Å²) < 4.78 is 4.46. The molecule has 0 unspecified atom stereocenters. The molecular formula is C31H29IrN3+. The molecule has 176 valence electrons. The van der Waals surface area contributed by atoms with Crippen molar-refractivity contribution in [3.8, 4) is 16.9 Å². The Morgan fingerprint density at radius 3 is 2.37 bits per heavy atom. The summed E-state index contributed by atoms with van der Waals surface area (Å²) in [4.78, 5) is 4.22. The van der Waals surface area contributed by atoms with Gasteiger partial charge in [0.2, 0.25) is 6.33 Å². The Bertz CT molecular complexity index is 1380. The summed E-state index contributed by atoms with van der Waals surface area (Å²) >= 11 is 0. The van der Waals surface area contributed by atoms with Crippen molar-refractivity contribution in [3.63, 3.8) is 0 Å². The fraction of sp³-hybridized carbons (Fsp3) is 0.226. The van der Waals surface area contributed by atoms with Gasteiger partial charge in [-0.2, -0.15) is 24.3 Å². The molecule has 0 aliphatic carbocycles. The normalized spacial score (nSPS) is 12.9. The van der Waals surface area contributed by atoms with Crippen LogP contribution in [0.2, 0.25) is 0 Å². The molecule has 3 heterocycles. The van der Waals surface area contributed by atoms with E-state index in [2.05, 4.69) is 90.6 Å². The zero-order valence-corrected chi connectivity index (χ0v) is 22.9. The smallest absolute Gasteiger partial charge is 0.341 e. The number of hydrogen-bond donors (Lipinski definition) is 0. The van der Waals surface area contributed by atoms with Crippen LogP contribution in [0.3, 0.4) is 0 Å². The van der Waals surface area contributed by atoms with Crippen LogP contribution >= 0.6 is 0 Å². The van der Waals surface area contributed by atoms with Gasteiger partial charge in [-0.15, -0.1) is 41.5 Å². The molecule has 1 aliphatic heterocycles. The van der Waals surface area contributed by atoms with Gasteiger partial charge in [0.05, 0.1) is 17.6 Å². The van der Waals surface area contributed by atoms with Crippen molar-refractivity contribution in [1.29, 1.82) is 0 Å². The maximum Gasteiger partial charge on any atom is 3.00 e. The average molecular weight is 636 g/mol. The van der Waals surface area contributed by atoms with Crippen molar-refractivity contribution in [2.24, 2.45) is 5.92 Å². The minimum absolute atomic E-state index is 0. The molecule has 2 aromatic heterocycles. The fourth-order valence-corrected chi connectivity index (χ4v) is 4.72. The van der Waals surface area contributed by atoms with Gasteiger partial charge in [0, 0.05) is 6.20 Å². The Morgan fingerprint density at radius 1 is 0.886 bits per heavy atom. The number of nitrogens with zero attached hydrogens (tertiary/aromatic N) is 3. The largest absolute Gasteiger partial charge is 3.00 e. The van der Waals surface area contributed by atoms with Crippen LogP contribution in [0.25, 0.3) is 28.0 Å². The third-order valence-electron chi connectivity index (χ3n) is 6.35. The maximum atomic E-state index is 4.22. The van der Waals surface area contributed by atoms with Gasteiger partial charge in [-0.1, -0.05) is 69.3 Å². The molecule has 0 fully saturated rings. The van der Waals surface area contributed by atoms with E-state index < -0.39 is 0 Å². The Balaban J connectivity index is 0.000000189. The topological polar surface area (TPSA) is 21.7 Å². The number of hydrogen-bond acceptors (Lipinski definition) is 1. The predicted octanol–water partition coefficient (Wildman–Crippen LogP) is 6.36. The molecule has 0 radical (unpaired) electrons. The van der Waals surface area contributed by atoms with Gasteiger partial charge in [0.1, 0.15) is 0 Å². The van der Waals surface area contributed by atoms with Crippen LogP contribution in [0.4, 0.5) is 0 Å². The van der Waals surface area contributed by atoms with E-state index >= 15 is 0 Å².